The lowest BCUT2D eigenvalue weighted by atomic mass is 10.1. The van der Waals surface area contributed by atoms with E-state index in [-0.39, 0.29) is 36.5 Å². The number of hydrogen-bond donors (Lipinski definition) is 4. The number of carbonyl (C=O) groups is 4. The van der Waals surface area contributed by atoms with E-state index in [4.69, 9.17) is 23.2 Å². The Labute approximate surface area is 221 Å². The largest absolute Gasteiger partial charge is 0.326 e. The predicted molar refractivity (Wildman–Crippen MR) is 146 cm³/mol. The van der Waals surface area contributed by atoms with Crippen molar-refractivity contribution < 1.29 is 19.2 Å². The Hall–Kier alpha value is -3.10. The van der Waals surface area contributed by atoms with Crippen LogP contribution < -0.4 is 21.3 Å². The molecule has 0 aliphatic heterocycles. The Bertz CT molecular complexity index is 1010. The monoisotopic (exact) mass is 534 g/mol. The van der Waals surface area contributed by atoms with Gasteiger partial charge in [-0.2, -0.15) is 0 Å². The average Bonchev–Trinajstić information content (AvgIpc) is 2.81. The molecule has 10 heteroatoms. The Morgan fingerprint density at radius 2 is 0.944 bits per heavy atom. The van der Waals surface area contributed by atoms with Gasteiger partial charge in [0.15, 0.2) is 0 Å². The molecule has 0 saturated carbocycles. The van der Waals surface area contributed by atoms with Crippen molar-refractivity contribution in [1.29, 1.82) is 0 Å². The van der Waals surface area contributed by atoms with Gasteiger partial charge in [-0.3, -0.25) is 19.2 Å². The van der Waals surface area contributed by atoms with Gasteiger partial charge in [-0.15, -0.1) is 0 Å². The highest BCUT2D eigenvalue weighted by molar-refractivity contribution is 6.34. The molecule has 36 heavy (non-hydrogen) atoms. The maximum absolute atomic E-state index is 12.3. The second-order valence-electron chi connectivity index (χ2n) is 8.29. The summed E-state index contributed by atoms with van der Waals surface area (Å²) in [5.41, 5.74) is 1.93. The van der Waals surface area contributed by atoms with Gasteiger partial charge in [0, 0.05) is 37.1 Å². The third-order valence-electron chi connectivity index (χ3n) is 5.06. The van der Waals surface area contributed by atoms with Gasteiger partial charge < -0.3 is 21.3 Å². The van der Waals surface area contributed by atoms with Gasteiger partial charge in [0.05, 0.1) is 21.4 Å². The van der Waals surface area contributed by atoms with Crippen LogP contribution in [0.4, 0.5) is 22.7 Å². The third kappa shape index (κ3) is 10.3. The van der Waals surface area contributed by atoms with Crippen molar-refractivity contribution in [2.24, 2.45) is 0 Å². The van der Waals surface area contributed by atoms with Crippen LogP contribution in [0.25, 0.3) is 0 Å². The second-order valence-corrected chi connectivity index (χ2v) is 9.10. The molecule has 0 spiro atoms. The van der Waals surface area contributed by atoms with Gasteiger partial charge in [0.25, 0.3) is 0 Å². The molecule has 0 aromatic heterocycles. The van der Waals surface area contributed by atoms with Crippen molar-refractivity contribution in [3.8, 4) is 0 Å². The summed E-state index contributed by atoms with van der Waals surface area (Å²) in [5, 5.41) is 11.8. The minimum absolute atomic E-state index is 0.107. The summed E-state index contributed by atoms with van der Waals surface area (Å²) in [5.74, 6) is -0.699. The average molecular weight is 535 g/mol. The van der Waals surface area contributed by atoms with Crippen molar-refractivity contribution in [1.82, 2.24) is 0 Å². The van der Waals surface area contributed by atoms with Crippen molar-refractivity contribution >= 4 is 69.6 Å². The fourth-order valence-corrected chi connectivity index (χ4v) is 3.62. The lowest BCUT2D eigenvalue weighted by molar-refractivity contribution is -0.118. The number of carbonyl (C=O) groups excluding carboxylic acids is 4. The molecule has 2 rings (SSSR count). The fraction of sp³-hybridized carbons (Fsp3) is 0.385. The Balaban J connectivity index is 1.79. The topological polar surface area (TPSA) is 116 Å². The van der Waals surface area contributed by atoms with E-state index in [9.17, 15) is 19.2 Å². The van der Waals surface area contributed by atoms with Gasteiger partial charge >= 0.3 is 0 Å². The molecule has 0 unspecified atom stereocenters. The van der Waals surface area contributed by atoms with Crippen molar-refractivity contribution in [3.05, 3.63) is 46.4 Å². The number of anilines is 4. The molecule has 2 aromatic rings. The van der Waals surface area contributed by atoms with Gasteiger partial charge in [-0.05, 0) is 62.1 Å². The highest BCUT2D eigenvalue weighted by Crippen LogP contribution is 2.27. The Morgan fingerprint density at radius 3 is 1.31 bits per heavy atom. The summed E-state index contributed by atoms with van der Waals surface area (Å²) in [6, 6.07) is 9.79. The Morgan fingerprint density at radius 1 is 0.583 bits per heavy atom. The zero-order valence-corrected chi connectivity index (χ0v) is 22.0. The molecular weight excluding hydrogens is 503 g/mol. The first-order chi connectivity index (χ1) is 17.2. The predicted octanol–water partition coefficient (Wildman–Crippen LogP) is 6.61. The first-order valence-electron chi connectivity index (χ1n) is 12.0. The van der Waals surface area contributed by atoms with Gasteiger partial charge in [0.2, 0.25) is 23.6 Å². The van der Waals surface area contributed by atoms with E-state index in [0.29, 0.717) is 58.5 Å². The Kier molecular flexibility index (Phi) is 12.2. The van der Waals surface area contributed by atoms with Crippen LogP contribution in [0.2, 0.25) is 10.0 Å². The molecule has 0 radical (unpaired) electrons. The number of unbranched alkanes of at least 4 members (excludes halogenated alkanes) is 1. The van der Waals surface area contributed by atoms with Crippen LogP contribution >= 0.6 is 23.2 Å². The van der Waals surface area contributed by atoms with Crippen LogP contribution in [0.5, 0.6) is 0 Å². The van der Waals surface area contributed by atoms with Crippen LogP contribution in [0.1, 0.15) is 65.2 Å². The normalized spacial score (nSPS) is 10.4. The molecule has 0 bridgehead atoms. The first-order valence-corrected chi connectivity index (χ1v) is 12.8. The minimum Gasteiger partial charge on any atom is -0.326 e. The lowest BCUT2D eigenvalue weighted by Crippen LogP contribution is -2.15. The summed E-state index contributed by atoms with van der Waals surface area (Å²) in [4.78, 5) is 48.3. The lowest BCUT2D eigenvalue weighted by Gasteiger charge is -2.11. The summed E-state index contributed by atoms with van der Waals surface area (Å²) in [6.45, 7) is 3.83. The van der Waals surface area contributed by atoms with Crippen molar-refractivity contribution in [2.75, 3.05) is 21.3 Å². The summed E-state index contributed by atoms with van der Waals surface area (Å²) < 4.78 is 0. The standard InChI is InChI=1S/C26H32Cl2N4O4/c1-3-7-23(33)29-17-11-13-19(27)21(15-17)31-25(35)9-5-6-10-26(36)32-22-16-18(12-14-20(22)28)30-24(34)8-4-2/h11-16H,3-10H2,1-2H3,(H,29,33)(H,30,34)(H,31,35)(H,32,36). The fourth-order valence-electron chi connectivity index (χ4n) is 3.30. The molecule has 194 valence electrons. The van der Waals surface area contributed by atoms with E-state index >= 15 is 0 Å². The van der Waals surface area contributed by atoms with E-state index in [1.54, 1.807) is 36.4 Å². The van der Waals surface area contributed by atoms with E-state index in [0.717, 1.165) is 12.8 Å². The maximum Gasteiger partial charge on any atom is 0.224 e. The quantitative estimate of drug-likeness (QED) is 0.216. The molecule has 0 saturated heterocycles. The highest BCUT2D eigenvalue weighted by Gasteiger charge is 2.11. The minimum atomic E-state index is -0.243. The van der Waals surface area contributed by atoms with E-state index in [1.165, 1.54) is 0 Å². The van der Waals surface area contributed by atoms with E-state index < -0.39 is 0 Å². The summed E-state index contributed by atoms with van der Waals surface area (Å²) in [6.07, 6.45) is 3.67. The summed E-state index contributed by atoms with van der Waals surface area (Å²) >= 11 is 12.3. The number of benzene rings is 2. The molecule has 0 aliphatic rings. The van der Waals surface area contributed by atoms with Crippen molar-refractivity contribution in [2.45, 2.75) is 65.2 Å². The van der Waals surface area contributed by atoms with Gasteiger partial charge in [-0.25, -0.2) is 0 Å². The molecule has 2 aromatic carbocycles. The molecular formula is C26H32Cl2N4O4. The number of hydrogen-bond acceptors (Lipinski definition) is 4. The number of halogens is 2. The zero-order valence-electron chi connectivity index (χ0n) is 20.5. The van der Waals surface area contributed by atoms with Gasteiger partial charge in [0.1, 0.15) is 0 Å². The van der Waals surface area contributed by atoms with Crippen LogP contribution in [0, 0.1) is 0 Å². The molecule has 4 N–H and O–H groups in total. The van der Waals surface area contributed by atoms with Crippen LogP contribution in [0.15, 0.2) is 36.4 Å². The highest BCUT2D eigenvalue weighted by atomic mass is 35.5. The smallest absolute Gasteiger partial charge is 0.224 e. The second kappa shape index (κ2) is 15.1. The first kappa shape index (κ1) is 29.1. The molecule has 0 fully saturated rings. The van der Waals surface area contributed by atoms with E-state index in [2.05, 4.69) is 21.3 Å². The van der Waals surface area contributed by atoms with Crippen LogP contribution in [-0.2, 0) is 19.2 Å². The van der Waals surface area contributed by atoms with E-state index in [1.807, 2.05) is 13.8 Å². The summed E-state index contributed by atoms with van der Waals surface area (Å²) in [7, 11) is 0. The molecule has 0 aliphatic carbocycles. The number of nitrogens with one attached hydrogen (secondary N) is 4. The number of amides is 4. The molecule has 4 amide bonds. The molecule has 0 atom stereocenters. The van der Waals surface area contributed by atoms with Crippen LogP contribution in [-0.4, -0.2) is 23.6 Å². The third-order valence-corrected chi connectivity index (χ3v) is 5.72. The molecule has 8 nitrogen and oxygen atoms in total. The SMILES string of the molecule is CCCC(=O)Nc1ccc(Cl)c(NC(=O)CCCCC(=O)Nc2cc(NC(=O)CCC)ccc2Cl)c1. The molecule has 0 heterocycles. The maximum atomic E-state index is 12.3. The van der Waals surface area contributed by atoms with Gasteiger partial charge in [-0.1, -0.05) is 37.0 Å². The van der Waals surface area contributed by atoms with Crippen molar-refractivity contribution in [3.63, 3.8) is 0 Å². The van der Waals surface area contributed by atoms with Crippen LogP contribution in [0.3, 0.4) is 0 Å². The number of rotatable bonds is 13. The zero-order chi connectivity index (χ0) is 26.5.